The van der Waals surface area contributed by atoms with E-state index in [1.807, 2.05) is 6.92 Å². The lowest BCUT2D eigenvalue weighted by Crippen LogP contribution is -2.28. The van der Waals surface area contributed by atoms with Crippen LogP contribution >= 0.6 is 0 Å². The average Bonchev–Trinajstić information content (AvgIpc) is 2.41. The molecular formula is C12H18N4O2. The Labute approximate surface area is 106 Å². The topological polar surface area (TPSA) is 76.1 Å². The molecular weight excluding hydrogens is 232 g/mol. The molecule has 1 aromatic heterocycles. The predicted molar refractivity (Wildman–Crippen MR) is 67.5 cm³/mol. The monoisotopic (exact) mass is 250 g/mol. The predicted octanol–water partition coefficient (Wildman–Crippen LogP) is 0.817. The van der Waals surface area contributed by atoms with E-state index in [9.17, 15) is 4.79 Å². The van der Waals surface area contributed by atoms with E-state index in [-0.39, 0.29) is 5.91 Å². The number of nitrogens with zero attached hydrogens (tertiary/aromatic N) is 2. The molecule has 0 bridgehead atoms. The Kier molecular flexibility index (Phi) is 4.46. The summed E-state index contributed by atoms with van der Waals surface area (Å²) in [6, 6.07) is 3.84. The highest BCUT2D eigenvalue weighted by Crippen LogP contribution is 2.12. The first-order chi connectivity index (χ1) is 8.79. The summed E-state index contributed by atoms with van der Waals surface area (Å²) in [6.07, 6.45) is 1.94. The van der Waals surface area contributed by atoms with Crippen LogP contribution in [0.4, 0.5) is 5.82 Å². The summed E-state index contributed by atoms with van der Waals surface area (Å²) < 4.78 is 5.29. The van der Waals surface area contributed by atoms with Crippen LogP contribution in [0.3, 0.4) is 0 Å². The maximum Gasteiger partial charge on any atom is 0.271 e. The Morgan fingerprint density at radius 3 is 2.78 bits per heavy atom. The van der Waals surface area contributed by atoms with Gasteiger partial charge >= 0.3 is 0 Å². The standard InChI is InChI=1S/C12H18N4O2/c1-2-13-12(17)10-3-4-11(16-15-10)14-9-5-7-18-8-6-9/h3-4,9H,2,5-8H2,1H3,(H,13,17)(H,14,16). The molecule has 2 rings (SSSR count). The number of anilines is 1. The normalized spacial score (nSPS) is 16.3. The third-order valence-electron chi connectivity index (χ3n) is 2.81. The van der Waals surface area contributed by atoms with Crippen molar-refractivity contribution in [2.45, 2.75) is 25.8 Å². The second-order valence-electron chi connectivity index (χ2n) is 4.19. The lowest BCUT2D eigenvalue weighted by Gasteiger charge is -2.23. The van der Waals surface area contributed by atoms with Gasteiger partial charge in [-0.05, 0) is 31.9 Å². The van der Waals surface area contributed by atoms with E-state index in [2.05, 4.69) is 20.8 Å². The molecule has 6 heteroatoms. The minimum absolute atomic E-state index is 0.192. The van der Waals surface area contributed by atoms with Gasteiger partial charge in [0.05, 0.1) is 0 Å². The summed E-state index contributed by atoms with van der Waals surface area (Å²) >= 11 is 0. The molecule has 98 valence electrons. The molecule has 0 radical (unpaired) electrons. The van der Waals surface area contributed by atoms with Crippen molar-refractivity contribution in [2.24, 2.45) is 0 Å². The summed E-state index contributed by atoms with van der Waals surface area (Å²) in [5, 5.41) is 13.9. The second kappa shape index (κ2) is 6.30. The molecule has 0 atom stereocenters. The Morgan fingerprint density at radius 1 is 1.39 bits per heavy atom. The number of rotatable bonds is 4. The molecule has 1 aromatic rings. The molecule has 6 nitrogen and oxygen atoms in total. The second-order valence-corrected chi connectivity index (χ2v) is 4.19. The highest BCUT2D eigenvalue weighted by Gasteiger charge is 2.14. The number of aromatic nitrogens is 2. The molecule has 1 fully saturated rings. The van der Waals surface area contributed by atoms with Crippen molar-refractivity contribution in [3.63, 3.8) is 0 Å². The molecule has 0 aromatic carbocycles. The zero-order valence-electron chi connectivity index (χ0n) is 10.5. The van der Waals surface area contributed by atoms with Crippen LogP contribution in [0.2, 0.25) is 0 Å². The number of hydrogen-bond donors (Lipinski definition) is 2. The Hall–Kier alpha value is -1.69. The number of amides is 1. The number of carbonyl (C=O) groups is 1. The molecule has 1 saturated heterocycles. The molecule has 18 heavy (non-hydrogen) atoms. The van der Waals surface area contributed by atoms with Gasteiger partial charge in [-0.2, -0.15) is 0 Å². The van der Waals surface area contributed by atoms with E-state index in [1.165, 1.54) is 0 Å². The highest BCUT2D eigenvalue weighted by atomic mass is 16.5. The minimum Gasteiger partial charge on any atom is -0.381 e. The first-order valence-electron chi connectivity index (χ1n) is 6.26. The zero-order chi connectivity index (χ0) is 12.8. The number of ether oxygens (including phenoxy) is 1. The van der Waals surface area contributed by atoms with Gasteiger partial charge in [0.25, 0.3) is 5.91 Å². The van der Waals surface area contributed by atoms with E-state index in [1.54, 1.807) is 12.1 Å². The van der Waals surface area contributed by atoms with Gasteiger partial charge < -0.3 is 15.4 Å². The van der Waals surface area contributed by atoms with Crippen LogP contribution in [-0.4, -0.2) is 41.9 Å². The zero-order valence-corrected chi connectivity index (χ0v) is 10.5. The van der Waals surface area contributed by atoms with Crippen LogP contribution in [-0.2, 0) is 4.74 Å². The van der Waals surface area contributed by atoms with Gasteiger partial charge in [0.1, 0.15) is 5.82 Å². The SMILES string of the molecule is CCNC(=O)c1ccc(NC2CCOCC2)nn1. The average molecular weight is 250 g/mol. The van der Waals surface area contributed by atoms with Crippen LogP contribution in [0, 0.1) is 0 Å². The summed E-state index contributed by atoms with van der Waals surface area (Å²) in [7, 11) is 0. The molecule has 1 aliphatic rings. The van der Waals surface area contributed by atoms with E-state index in [0.29, 0.717) is 24.1 Å². The Balaban J connectivity index is 1.92. The Morgan fingerprint density at radius 2 is 2.17 bits per heavy atom. The molecule has 1 amide bonds. The summed E-state index contributed by atoms with van der Waals surface area (Å²) in [6.45, 7) is 4.01. The molecule has 0 saturated carbocycles. The molecule has 0 unspecified atom stereocenters. The van der Waals surface area contributed by atoms with Gasteiger partial charge in [-0.1, -0.05) is 0 Å². The maximum absolute atomic E-state index is 11.5. The number of hydrogen-bond acceptors (Lipinski definition) is 5. The highest BCUT2D eigenvalue weighted by molar-refractivity contribution is 5.92. The maximum atomic E-state index is 11.5. The van der Waals surface area contributed by atoms with Crippen molar-refractivity contribution >= 4 is 11.7 Å². The van der Waals surface area contributed by atoms with Crippen LogP contribution in [0.25, 0.3) is 0 Å². The molecule has 0 spiro atoms. The Bertz CT molecular complexity index is 388. The number of nitrogens with one attached hydrogen (secondary N) is 2. The molecule has 2 N–H and O–H groups in total. The lowest BCUT2D eigenvalue weighted by atomic mass is 10.1. The summed E-state index contributed by atoms with van der Waals surface area (Å²) in [5.74, 6) is 0.512. The van der Waals surface area contributed by atoms with Crippen LogP contribution in [0.1, 0.15) is 30.3 Å². The first-order valence-corrected chi connectivity index (χ1v) is 6.26. The summed E-state index contributed by atoms with van der Waals surface area (Å²) in [4.78, 5) is 11.5. The molecule has 1 aliphatic heterocycles. The van der Waals surface area contributed by atoms with Crippen molar-refractivity contribution in [1.29, 1.82) is 0 Å². The van der Waals surface area contributed by atoms with Crippen LogP contribution in [0.5, 0.6) is 0 Å². The van der Waals surface area contributed by atoms with Crippen LogP contribution in [0.15, 0.2) is 12.1 Å². The van der Waals surface area contributed by atoms with Crippen molar-refractivity contribution < 1.29 is 9.53 Å². The molecule has 0 aliphatic carbocycles. The van der Waals surface area contributed by atoms with Gasteiger partial charge in [-0.3, -0.25) is 4.79 Å². The minimum atomic E-state index is -0.192. The van der Waals surface area contributed by atoms with E-state index >= 15 is 0 Å². The van der Waals surface area contributed by atoms with E-state index in [4.69, 9.17) is 4.74 Å². The van der Waals surface area contributed by atoms with E-state index < -0.39 is 0 Å². The number of carbonyl (C=O) groups excluding carboxylic acids is 1. The van der Waals surface area contributed by atoms with Crippen molar-refractivity contribution in [3.05, 3.63) is 17.8 Å². The van der Waals surface area contributed by atoms with Gasteiger partial charge in [-0.15, -0.1) is 10.2 Å². The van der Waals surface area contributed by atoms with Crippen molar-refractivity contribution in [1.82, 2.24) is 15.5 Å². The smallest absolute Gasteiger partial charge is 0.271 e. The largest absolute Gasteiger partial charge is 0.381 e. The summed E-state index contributed by atoms with van der Waals surface area (Å²) in [5.41, 5.74) is 0.342. The van der Waals surface area contributed by atoms with Crippen molar-refractivity contribution in [3.8, 4) is 0 Å². The van der Waals surface area contributed by atoms with Gasteiger partial charge in [0.2, 0.25) is 0 Å². The fourth-order valence-corrected chi connectivity index (χ4v) is 1.83. The lowest BCUT2D eigenvalue weighted by molar-refractivity contribution is 0.0903. The fourth-order valence-electron chi connectivity index (χ4n) is 1.83. The van der Waals surface area contributed by atoms with Crippen LogP contribution < -0.4 is 10.6 Å². The van der Waals surface area contributed by atoms with Gasteiger partial charge in [0.15, 0.2) is 5.69 Å². The van der Waals surface area contributed by atoms with E-state index in [0.717, 1.165) is 26.1 Å². The first kappa shape index (κ1) is 12.8. The third-order valence-corrected chi connectivity index (χ3v) is 2.81. The van der Waals surface area contributed by atoms with Crippen molar-refractivity contribution in [2.75, 3.05) is 25.1 Å². The third kappa shape index (κ3) is 3.40. The quantitative estimate of drug-likeness (QED) is 0.827. The molecule has 2 heterocycles. The van der Waals surface area contributed by atoms with Gasteiger partial charge in [0, 0.05) is 25.8 Å². The fraction of sp³-hybridized carbons (Fsp3) is 0.583. The van der Waals surface area contributed by atoms with Gasteiger partial charge in [-0.25, -0.2) is 0 Å².